The van der Waals surface area contributed by atoms with Crippen molar-refractivity contribution in [2.75, 3.05) is 25.1 Å². The van der Waals surface area contributed by atoms with Crippen LogP contribution in [-0.4, -0.2) is 40.6 Å². The number of rotatable bonds is 6. The smallest absolute Gasteiger partial charge is 0.232 e. The molecule has 1 amide bonds. The molecule has 7 nitrogen and oxygen atoms in total. The summed E-state index contributed by atoms with van der Waals surface area (Å²) in [4.78, 5) is 12.9. The Labute approximate surface area is 179 Å². The van der Waals surface area contributed by atoms with Gasteiger partial charge in [0.25, 0.3) is 0 Å². The Morgan fingerprint density at radius 3 is 2.63 bits per heavy atom. The van der Waals surface area contributed by atoms with Crippen LogP contribution in [0.4, 0.5) is 5.82 Å². The maximum atomic E-state index is 12.9. The number of aliphatic hydroxyl groups is 1. The fourth-order valence-corrected chi connectivity index (χ4v) is 3.39. The normalized spacial score (nSPS) is 13.7. The second-order valence-corrected chi connectivity index (χ2v) is 7.42. The maximum Gasteiger partial charge on any atom is 0.232 e. The van der Waals surface area contributed by atoms with Crippen molar-refractivity contribution in [1.29, 1.82) is 0 Å². The molecule has 1 aromatic heterocycles. The minimum absolute atomic E-state index is 0.0949. The number of carbonyl (C=O) groups excluding carboxylic acids is 1. The van der Waals surface area contributed by atoms with Crippen molar-refractivity contribution in [3.8, 4) is 22.8 Å². The molecule has 4 rings (SSSR count). The highest BCUT2D eigenvalue weighted by molar-refractivity contribution is 6.30. The zero-order chi connectivity index (χ0) is 21.1. The Morgan fingerprint density at radius 2 is 1.90 bits per heavy atom. The summed E-state index contributed by atoms with van der Waals surface area (Å²) in [6.45, 7) is 3.01. The highest BCUT2D eigenvalue weighted by atomic mass is 35.5. The highest BCUT2D eigenvalue weighted by Crippen LogP contribution is 2.33. The zero-order valence-electron chi connectivity index (χ0n) is 16.5. The number of carbonyl (C=O) groups is 1. The summed E-state index contributed by atoms with van der Waals surface area (Å²) in [7, 11) is 0. The van der Waals surface area contributed by atoms with Gasteiger partial charge in [-0.1, -0.05) is 29.8 Å². The largest absolute Gasteiger partial charge is 0.486 e. The van der Waals surface area contributed by atoms with Gasteiger partial charge in [-0.15, -0.1) is 0 Å². The van der Waals surface area contributed by atoms with Gasteiger partial charge in [0.1, 0.15) is 19.0 Å². The molecule has 1 atom stereocenters. The van der Waals surface area contributed by atoms with Crippen LogP contribution in [0.25, 0.3) is 11.3 Å². The van der Waals surface area contributed by atoms with E-state index in [-0.39, 0.29) is 19.1 Å². The van der Waals surface area contributed by atoms with Gasteiger partial charge < -0.3 is 19.9 Å². The number of aliphatic hydroxyl groups excluding tert-OH is 1. The minimum Gasteiger partial charge on any atom is -0.486 e. The van der Waals surface area contributed by atoms with Crippen LogP contribution >= 0.6 is 11.6 Å². The fourth-order valence-electron chi connectivity index (χ4n) is 3.26. The van der Waals surface area contributed by atoms with Crippen LogP contribution in [-0.2, 0) is 11.3 Å². The number of hydrogen-bond acceptors (Lipinski definition) is 5. The van der Waals surface area contributed by atoms with Crippen LogP contribution in [0.3, 0.4) is 0 Å². The first kappa shape index (κ1) is 20.3. The Kier molecular flexibility index (Phi) is 5.92. The fraction of sp³-hybridized carbons (Fsp3) is 0.273. The van der Waals surface area contributed by atoms with E-state index in [9.17, 15) is 9.90 Å². The van der Waals surface area contributed by atoms with E-state index >= 15 is 0 Å². The zero-order valence-corrected chi connectivity index (χ0v) is 17.2. The van der Waals surface area contributed by atoms with Gasteiger partial charge in [-0.05, 0) is 36.8 Å². The number of nitrogens with zero attached hydrogens (tertiary/aromatic N) is 2. The number of aromatic nitrogens is 2. The number of anilines is 1. The number of nitrogens with one attached hydrogen (secondary N) is 1. The molecule has 2 heterocycles. The molecular weight excluding hydrogens is 406 g/mol. The molecule has 156 valence electrons. The summed E-state index contributed by atoms with van der Waals surface area (Å²) in [6, 6.07) is 14.6. The average molecular weight is 428 g/mol. The van der Waals surface area contributed by atoms with E-state index in [2.05, 4.69) is 10.4 Å². The highest BCUT2D eigenvalue weighted by Gasteiger charge is 2.21. The van der Waals surface area contributed by atoms with E-state index in [0.717, 1.165) is 11.1 Å². The lowest BCUT2D eigenvalue weighted by molar-refractivity contribution is -0.117. The van der Waals surface area contributed by atoms with Crippen molar-refractivity contribution < 1.29 is 19.4 Å². The van der Waals surface area contributed by atoms with Gasteiger partial charge in [-0.2, -0.15) is 5.10 Å². The van der Waals surface area contributed by atoms with Gasteiger partial charge >= 0.3 is 0 Å². The predicted octanol–water partition coefficient (Wildman–Crippen LogP) is 3.71. The average Bonchev–Trinajstić information content (AvgIpc) is 3.16. The van der Waals surface area contributed by atoms with Crippen LogP contribution < -0.4 is 14.8 Å². The summed E-state index contributed by atoms with van der Waals surface area (Å²) in [6.07, 6.45) is 0. The maximum absolute atomic E-state index is 12.9. The second-order valence-electron chi connectivity index (χ2n) is 6.98. The minimum atomic E-state index is -0.419. The number of amides is 1. The predicted molar refractivity (Wildman–Crippen MR) is 114 cm³/mol. The van der Waals surface area contributed by atoms with Crippen LogP contribution in [0.2, 0.25) is 5.02 Å². The molecule has 30 heavy (non-hydrogen) atoms. The summed E-state index contributed by atoms with van der Waals surface area (Å²) in [5.41, 5.74) is 2.37. The van der Waals surface area contributed by atoms with Crippen LogP contribution in [0.15, 0.2) is 48.5 Å². The van der Waals surface area contributed by atoms with Gasteiger partial charge in [0.2, 0.25) is 5.91 Å². The number of fused-ring (bicyclic) bond motifs is 1. The van der Waals surface area contributed by atoms with Crippen molar-refractivity contribution >= 4 is 23.3 Å². The number of ether oxygens (including phenoxy) is 2. The summed E-state index contributed by atoms with van der Waals surface area (Å²) < 4.78 is 12.7. The molecule has 2 aromatic carbocycles. The van der Waals surface area contributed by atoms with E-state index in [1.54, 1.807) is 22.9 Å². The third-order valence-electron chi connectivity index (χ3n) is 4.94. The van der Waals surface area contributed by atoms with E-state index < -0.39 is 5.92 Å². The molecule has 0 saturated carbocycles. The lowest BCUT2D eigenvalue weighted by Crippen LogP contribution is -2.22. The SMILES string of the molecule is CC(C(=O)Nc1cc(-c2ccc(Cl)cc2)nn1CCO)c1ccc2c(c1)OCCO2. The number of benzene rings is 2. The molecule has 0 spiro atoms. The number of halogens is 1. The second kappa shape index (κ2) is 8.77. The molecule has 0 bridgehead atoms. The van der Waals surface area contributed by atoms with Gasteiger partial charge in [0, 0.05) is 16.7 Å². The third kappa shape index (κ3) is 4.27. The first-order chi connectivity index (χ1) is 14.5. The van der Waals surface area contributed by atoms with Crippen molar-refractivity contribution in [2.45, 2.75) is 19.4 Å². The molecule has 0 radical (unpaired) electrons. The lowest BCUT2D eigenvalue weighted by atomic mass is 9.99. The molecule has 1 aliphatic heterocycles. The molecule has 0 aliphatic carbocycles. The topological polar surface area (TPSA) is 85.6 Å². The van der Waals surface area contributed by atoms with E-state index in [0.29, 0.717) is 41.2 Å². The van der Waals surface area contributed by atoms with Gasteiger partial charge in [0.05, 0.1) is 24.8 Å². The van der Waals surface area contributed by atoms with Crippen molar-refractivity contribution in [2.24, 2.45) is 0 Å². The molecule has 1 unspecified atom stereocenters. The van der Waals surface area contributed by atoms with Crippen molar-refractivity contribution in [3.05, 3.63) is 59.1 Å². The van der Waals surface area contributed by atoms with Gasteiger partial charge in [-0.25, -0.2) is 4.68 Å². The van der Waals surface area contributed by atoms with Crippen LogP contribution in [0, 0.1) is 0 Å². The molecule has 2 N–H and O–H groups in total. The molecule has 3 aromatic rings. The monoisotopic (exact) mass is 427 g/mol. The van der Waals surface area contributed by atoms with E-state index in [1.165, 1.54) is 0 Å². The van der Waals surface area contributed by atoms with Crippen LogP contribution in [0.5, 0.6) is 11.5 Å². The molecular formula is C22H22ClN3O4. The van der Waals surface area contributed by atoms with Gasteiger partial charge in [-0.3, -0.25) is 4.79 Å². The third-order valence-corrected chi connectivity index (χ3v) is 5.19. The first-order valence-corrected chi connectivity index (χ1v) is 10.1. The van der Waals surface area contributed by atoms with Gasteiger partial charge in [0.15, 0.2) is 11.5 Å². The van der Waals surface area contributed by atoms with E-state index in [4.69, 9.17) is 21.1 Å². The molecule has 8 heteroatoms. The Hall–Kier alpha value is -3.03. The quantitative estimate of drug-likeness (QED) is 0.626. The first-order valence-electron chi connectivity index (χ1n) is 9.70. The summed E-state index contributed by atoms with van der Waals surface area (Å²) in [5.74, 6) is 1.24. The molecule has 0 fully saturated rings. The van der Waals surface area contributed by atoms with E-state index in [1.807, 2.05) is 37.3 Å². The molecule has 1 aliphatic rings. The Balaban J connectivity index is 1.55. The van der Waals surface area contributed by atoms with Crippen LogP contribution in [0.1, 0.15) is 18.4 Å². The summed E-state index contributed by atoms with van der Waals surface area (Å²) >= 11 is 5.96. The Morgan fingerprint density at radius 1 is 1.17 bits per heavy atom. The number of hydrogen-bond donors (Lipinski definition) is 2. The lowest BCUT2D eigenvalue weighted by Gasteiger charge is -2.20. The standard InChI is InChI=1S/C22H22ClN3O4/c1-14(16-4-7-19-20(12-16)30-11-10-29-19)22(28)24-21-13-18(25-26(21)8-9-27)15-2-5-17(23)6-3-15/h2-7,12-14,27H,8-11H2,1H3,(H,24,28). The van der Waals surface area contributed by atoms with Crippen molar-refractivity contribution in [3.63, 3.8) is 0 Å². The van der Waals surface area contributed by atoms with Crippen molar-refractivity contribution in [1.82, 2.24) is 9.78 Å². The molecule has 0 saturated heterocycles. The summed E-state index contributed by atoms with van der Waals surface area (Å²) in [5, 5.41) is 17.4. The Bertz CT molecular complexity index is 1050.